The van der Waals surface area contributed by atoms with Gasteiger partial charge >= 0.3 is 0 Å². The molecule has 0 bridgehead atoms. The van der Waals surface area contributed by atoms with Crippen molar-refractivity contribution in [3.8, 4) is 5.75 Å². The highest BCUT2D eigenvalue weighted by molar-refractivity contribution is 5.49. The highest BCUT2D eigenvalue weighted by atomic mass is 16.5. The Labute approximate surface area is 120 Å². The van der Waals surface area contributed by atoms with Crippen molar-refractivity contribution in [3.05, 3.63) is 60.2 Å². The van der Waals surface area contributed by atoms with Gasteiger partial charge < -0.3 is 15.0 Å². The van der Waals surface area contributed by atoms with E-state index in [4.69, 9.17) is 4.74 Å². The largest absolute Gasteiger partial charge is 0.489 e. The average Bonchev–Trinajstić information content (AvgIpc) is 2.55. The van der Waals surface area contributed by atoms with E-state index in [0.717, 1.165) is 18.8 Å². The van der Waals surface area contributed by atoms with Gasteiger partial charge in [-0.1, -0.05) is 30.3 Å². The SMILES string of the molecule is c1ccc(COc2ccc(N3CC[NH2+]CC3)cc2)cc1. The van der Waals surface area contributed by atoms with Crippen LogP contribution in [0.25, 0.3) is 0 Å². The minimum Gasteiger partial charge on any atom is -0.489 e. The normalized spacial score (nSPS) is 15.1. The molecule has 0 aliphatic carbocycles. The lowest BCUT2D eigenvalue weighted by Crippen LogP contribution is -2.89. The van der Waals surface area contributed by atoms with E-state index in [9.17, 15) is 0 Å². The maximum atomic E-state index is 5.81. The first-order chi connectivity index (χ1) is 9.92. The van der Waals surface area contributed by atoms with Crippen molar-refractivity contribution in [2.45, 2.75) is 6.61 Å². The first kappa shape index (κ1) is 13.0. The Morgan fingerprint density at radius 2 is 1.60 bits per heavy atom. The van der Waals surface area contributed by atoms with Crippen LogP contribution >= 0.6 is 0 Å². The fraction of sp³-hybridized carbons (Fsp3) is 0.294. The highest BCUT2D eigenvalue weighted by Gasteiger charge is 2.12. The van der Waals surface area contributed by atoms with E-state index in [1.807, 2.05) is 18.2 Å². The molecule has 1 aliphatic heterocycles. The summed E-state index contributed by atoms with van der Waals surface area (Å²) < 4.78 is 5.81. The molecule has 2 aromatic carbocycles. The second kappa shape index (κ2) is 6.44. The molecule has 0 atom stereocenters. The molecule has 0 saturated carbocycles. The van der Waals surface area contributed by atoms with Crippen LogP contribution in [0.4, 0.5) is 5.69 Å². The molecule has 1 saturated heterocycles. The first-order valence-corrected chi connectivity index (χ1v) is 7.25. The van der Waals surface area contributed by atoms with Crippen molar-refractivity contribution in [1.29, 1.82) is 0 Å². The molecule has 20 heavy (non-hydrogen) atoms. The lowest BCUT2D eigenvalue weighted by molar-refractivity contribution is -0.655. The van der Waals surface area contributed by atoms with Gasteiger partial charge in [-0.15, -0.1) is 0 Å². The van der Waals surface area contributed by atoms with Gasteiger partial charge in [-0.05, 0) is 29.8 Å². The summed E-state index contributed by atoms with van der Waals surface area (Å²) in [4.78, 5) is 2.43. The Kier molecular flexibility index (Phi) is 4.19. The molecule has 2 aromatic rings. The van der Waals surface area contributed by atoms with Crippen LogP contribution in [0, 0.1) is 0 Å². The molecule has 0 spiro atoms. The number of ether oxygens (including phenoxy) is 1. The molecule has 3 nitrogen and oxygen atoms in total. The van der Waals surface area contributed by atoms with E-state index in [1.165, 1.54) is 24.3 Å². The summed E-state index contributed by atoms with van der Waals surface area (Å²) in [6, 6.07) is 18.7. The number of anilines is 1. The molecule has 0 radical (unpaired) electrons. The number of hydrogen-bond acceptors (Lipinski definition) is 2. The van der Waals surface area contributed by atoms with E-state index in [-0.39, 0.29) is 0 Å². The van der Waals surface area contributed by atoms with Gasteiger partial charge in [-0.3, -0.25) is 0 Å². The van der Waals surface area contributed by atoms with Gasteiger partial charge in [0.25, 0.3) is 0 Å². The smallest absolute Gasteiger partial charge is 0.119 e. The molecule has 104 valence electrons. The van der Waals surface area contributed by atoms with Gasteiger partial charge in [-0.25, -0.2) is 0 Å². The molecule has 1 fully saturated rings. The predicted octanol–water partition coefficient (Wildman–Crippen LogP) is 1.65. The fourth-order valence-corrected chi connectivity index (χ4v) is 2.50. The summed E-state index contributed by atoms with van der Waals surface area (Å²) in [5.74, 6) is 0.932. The maximum Gasteiger partial charge on any atom is 0.119 e. The lowest BCUT2D eigenvalue weighted by Gasteiger charge is -2.27. The van der Waals surface area contributed by atoms with Crippen LogP contribution in [0.3, 0.4) is 0 Å². The number of nitrogens with two attached hydrogens (primary N) is 1. The van der Waals surface area contributed by atoms with Crippen LogP contribution < -0.4 is 15.0 Å². The Morgan fingerprint density at radius 1 is 0.900 bits per heavy atom. The minimum absolute atomic E-state index is 0.624. The van der Waals surface area contributed by atoms with Crippen LogP contribution in [-0.4, -0.2) is 26.2 Å². The molecule has 0 aromatic heterocycles. The number of quaternary nitrogens is 1. The second-order valence-electron chi connectivity index (χ2n) is 5.12. The quantitative estimate of drug-likeness (QED) is 0.914. The first-order valence-electron chi connectivity index (χ1n) is 7.25. The van der Waals surface area contributed by atoms with Gasteiger partial charge in [0.2, 0.25) is 0 Å². The molecule has 3 rings (SSSR count). The average molecular weight is 269 g/mol. The lowest BCUT2D eigenvalue weighted by atomic mass is 10.2. The summed E-state index contributed by atoms with van der Waals surface area (Å²) in [5, 5.41) is 2.37. The molecule has 1 heterocycles. The van der Waals surface area contributed by atoms with Gasteiger partial charge in [0.05, 0.1) is 26.2 Å². The Hall–Kier alpha value is -2.00. The third kappa shape index (κ3) is 3.31. The molecular formula is C17H21N2O+. The molecule has 0 unspecified atom stereocenters. The second-order valence-corrected chi connectivity index (χ2v) is 5.12. The van der Waals surface area contributed by atoms with Crippen molar-refractivity contribution in [2.75, 3.05) is 31.1 Å². The van der Waals surface area contributed by atoms with Gasteiger partial charge in [0.1, 0.15) is 12.4 Å². The van der Waals surface area contributed by atoms with Gasteiger partial charge in [0.15, 0.2) is 0 Å². The standard InChI is InChI=1S/C17H20N2O/c1-2-4-15(5-3-1)14-20-17-8-6-16(7-9-17)19-12-10-18-11-13-19/h1-9,18H,10-14H2/p+1. The Bertz CT molecular complexity index is 518. The zero-order chi connectivity index (χ0) is 13.6. The number of piperazine rings is 1. The molecule has 1 aliphatic rings. The van der Waals surface area contributed by atoms with Crippen molar-refractivity contribution < 1.29 is 10.1 Å². The molecule has 3 heteroatoms. The molecule has 0 amide bonds. The number of benzene rings is 2. The summed E-state index contributed by atoms with van der Waals surface area (Å²) >= 11 is 0. The summed E-state index contributed by atoms with van der Waals surface area (Å²) in [7, 11) is 0. The monoisotopic (exact) mass is 269 g/mol. The molecule has 2 N–H and O–H groups in total. The van der Waals surface area contributed by atoms with Crippen LogP contribution in [0.2, 0.25) is 0 Å². The maximum absolute atomic E-state index is 5.81. The fourth-order valence-electron chi connectivity index (χ4n) is 2.50. The summed E-state index contributed by atoms with van der Waals surface area (Å²) in [6.45, 7) is 5.26. The predicted molar refractivity (Wildman–Crippen MR) is 81.1 cm³/mol. The molecular weight excluding hydrogens is 248 g/mol. The minimum atomic E-state index is 0.624. The number of nitrogens with zero attached hydrogens (tertiary/aromatic N) is 1. The summed E-state index contributed by atoms with van der Waals surface area (Å²) in [6.07, 6.45) is 0. The van der Waals surface area contributed by atoms with E-state index in [0.29, 0.717) is 6.61 Å². The van der Waals surface area contributed by atoms with Crippen LogP contribution in [0.1, 0.15) is 5.56 Å². The zero-order valence-corrected chi connectivity index (χ0v) is 11.7. The zero-order valence-electron chi connectivity index (χ0n) is 11.7. The van der Waals surface area contributed by atoms with Crippen LogP contribution in [0.15, 0.2) is 54.6 Å². The third-order valence-electron chi connectivity index (χ3n) is 3.66. The Balaban J connectivity index is 1.58. The highest BCUT2D eigenvalue weighted by Crippen LogP contribution is 2.20. The topological polar surface area (TPSA) is 29.1 Å². The van der Waals surface area contributed by atoms with Crippen molar-refractivity contribution in [2.24, 2.45) is 0 Å². The van der Waals surface area contributed by atoms with Crippen molar-refractivity contribution in [1.82, 2.24) is 0 Å². The number of hydrogen-bond donors (Lipinski definition) is 1. The van der Waals surface area contributed by atoms with Gasteiger partial charge in [0, 0.05) is 5.69 Å². The van der Waals surface area contributed by atoms with E-state index < -0.39 is 0 Å². The van der Waals surface area contributed by atoms with Gasteiger partial charge in [-0.2, -0.15) is 0 Å². The van der Waals surface area contributed by atoms with Crippen molar-refractivity contribution >= 4 is 5.69 Å². The van der Waals surface area contributed by atoms with E-state index >= 15 is 0 Å². The van der Waals surface area contributed by atoms with E-state index in [1.54, 1.807) is 0 Å². The van der Waals surface area contributed by atoms with Crippen molar-refractivity contribution in [3.63, 3.8) is 0 Å². The van der Waals surface area contributed by atoms with E-state index in [2.05, 4.69) is 46.6 Å². The van der Waals surface area contributed by atoms with Crippen LogP contribution in [-0.2, 0) is 6.61 Å². The number of rotatable bonds is 4. The van der Waals surface area contributed by atoms with Crippen LogP contribution in [0.5, 0.6) is 5.75 Å². The Morgan fingerprint density at radius 3 is 2.30 bits per heavy atom. The third-order valence-corrected chi connectivity index (χ3v) is 3.66. The summed E-state index contributed by atoms with van der Waals surface area (Å²) in [5.41, 5.74) is 2.49.